The highest BCUT2D eigenvalue weighted by atomic mass is 16.6. The molecule has 29 heavy (non-hydrogen) atoms. The van der Waals surface area contributed by atoms with Crippen molar-refractivity contribution in [1.29, 1.82) is 0 Å². The molecule has 0 heterocycles. The molecule has 0 aliphatic carbocycles. The monoisotopic (exact) mass is 413 g/mol. The number of aliphatic carboxylic acids is 1. The summed E-state index contributed by atoms with van der Waals surface area (Å²) in [6, 6.07) is 8.68. The van der Waals surface area contributed by atoms with Crippen molar-refractivity contribution < 1.29 is 48.4 Å². The third-order valence-electron chi connectivity index (χ3n) is 3.10. The van der Waals surface area contributed by atoms with E-state index in [9.17, 15) is 29.1 Å². The summed E-state index contributed by atoms with van der Waals surface area (Å²) in [5.41, 5.74) is 0.566. The number of carboxylic acids is 1. The summed E-state index contributed by atoms with van der Waals surface area (Å²) in [6.45, 7) is 1.06. The largest absolute Gasteiger partial charge is 0.478 e. The summed E-state index contributed by atoms with van der Waals surface area (Å²) in [4.78, 5) is 53.6. The molecule has 1 rings (SSSR count). The van der Waals surface area contributed by atoms with E-state index in [0.717, 1.165) is 14.0 Å². The van der Waals surface area contributed by atoms with Gasteiger partial charge in [0.15, 0.2) is 0 Å². The summed E-state index contributed by atoms with van der Waals surface area (Å²) in [6.07, 6.45) is -3.70. The molecule has 1 amide bonds. The molecule has 3 N–H and O–H groups in total. The third kappa shape index (κ3) is 11.8. The second kappa shape index (κ2) is 13.7. The van der Waals surface area contributed by atoms with Crippen molar-refractivity contribution in [2.75, 3.05) is 19.5 Å². The lowest BCUT2D eigenvalue weighted by Gasteiger charge is -2.10. The van der Waals surface area contributed by atoms with Gasteiger partial charge in [-0.3, -0.25) is 19.2 Å². The Bertz CT molecular complexity index is 704. The minimum absolute atomic E-state index is 0.352. The summed E-state index contributed by atoms with van der Waals surface area (Å²) in [5.74, 6) is -4.13. The normalized spacial score (nSPS) is 11.6. The Morgan fingerprint density at radius 2 is 1.48 bits per heavy atom. The second-order valence-electron chi connectivity index (χ2n) is 5.37. The number of carbonyl (C=O) groups is 5. The van der Waals surface area contributed by atoms with Gasteiger partial charge in [-0.1, -0.05) is 18.2 Å². The number of carbonyl (C=O) groups excluding carboxylic acids is 4. The Morgan fingerprint density at radius 3 is 1.93 bits per heavy atom. The number of nitrogens with one attached hydrogen (secondary N) is 1. The summed E-state index contributed by atoms with van der Waals surface area (Å²) in [5, 5.41) is 20.3. The van der Waals surface area contributed by atoms with Gasteiger partial charge in [0.05, 0.1) is 27.1 Å². The van der Waals surface area contributed by atoms with E-state index in [4.69, 9.17) is 5.11 Å². The fraction of sp³-hybridized carbons (Fsp3) is 0.389. The predicted octanol–water partition coefficient (Wildman–Crippen LogP) is 0.115. The molecule has 0 fully saturated rings. The number of anilines is 1. The molecule has 0 spiro atoms. The maximum absolute atomic E-state index is 11.4. The molecule has 1 aromatic rings. The van der Waals surface area contributed by atoms with E-state index in [1.165, 1.54) is 7.11 Å². The number of para-hydroxylation sites is 1. The summed E-state index contributed by atoms with van der Waals surface area (Å²) in [7, 11) is 2.32. The molecular formula is C18H23NO10. The van der Waals surface area contributed by atoms with Crippen LogP contribution in [0.15, 0.2) is 30.3 Å². The van der Waals surface area contributed by atoms with Gasteiger partial charge in [0.1, 0.15) is 6.10 Å². The first-order valence-corrected chi connectivity index (χ1v) is 8.18. The van der Waals surface area contributed by atoms with Crippen LogP contribution in [0, 0.1) is 0 Å². The fourth-order valence-corrected chi connectivity index (χ4v) is 1.70. The van der Waals surface area contributed by atoms with Gasteiger partial charge in [-0.15, -0.1) is 0 Å². The van der Waals surface area contributed by atoms with Gasteiger partial charge in [0, 0.05) is 12.6 Å². The number of aliphatic hydroxyl groups is 1. The quantitative estimate of drug-likeness (QED) is 0.393. The molecule has 11 heteroatoms. The van der Waals surface area contributed by atoms with E-state index in [0.29, 0.717) is 5.69 Å². The molecule has 1 aromatic carbocycles. The number of hydrogen-bond donors (Lipinski definition) is 3. The number of methoxy groups -OCH3 is 2. The van der Waals surface area contributed by atoms with E-state index < -0.39 is 48.4 Å². The molecule has 0 bridgehead atoms. The molecule has 0 radical (unpaired) electrons. The second-order valence-corrected chi connectivity index (χ2v) is 5.37. The molecular weight excluding hydrogens is 390 g/mol. The van der Waals surface area contributed by atoms with Crippen LogP contribution in [0.1, 0.15) is 19.8 Å². The highest BCUT2D eigenvalue weighted by molar-refractivity contribution is 5.96. The lowest BCUT2D eigenvalue weighted by atomic mass is 10.2. The Kier molecular flexibility index (Phi) is 12.0. The highest BCUT2D eigenvalue weighted by Gasteiger charge is 2.24. The number of ether oxygens (including phenoxy) is 3. The first kappa shape index (κ1) is 25.5. The minimum Gasteiger partial charge on any atom is -0.478 e. The lowest BCUT2D eigenvalue weighted by Crippen LogP contribution is -2.30. The molecule has 0 aliphatic rings. The van der Waals surface area contributed by atoms with Gasteiger partial charge in [-0.25, -0.2) is 4.79 Å². The first-order chi connectivity index (χ1) is 13.6. The third-order valence-corrected chi connectivity index (χ3v) is 3.10. The summed E-state index contributed by atoms with van der Waals surface area (Å²) < 4.78 is 12.9. The minimum atomic E-state index is -1.47. The van der Waals surface area contributed by atoms with Crippen molar-refractivity contribution in [3.63, 3.8) is 0 Å². The number of benzene rings is 1. The SMILES string of the molecule is COC(=O)C[C@H](O)C(=O)Nc1ccccc1.COC(=O)C[C@H](OC(C)=O)C(=O)O. The van der Waals surface area contributed by atoms with Crippen LogP contribution in [0.25, 0.3) is 0 Å². The standard InChI is InChI=1S/C11H13NO4.C7H10O6/c1-16-10(14)7-9(13)11(15)12-8-5-3-2-4-6-8;1-4(8)13-5(7(10)11)3-6(9)12-2/h2-6,9,13H,7H2,1H3,(H,12,15);5H,3H2,1-2H3,(H,10,11)/t9-;5-/m00/s1. The van der Waals surface area contributed by atoms with Gasteiger partial charge in [0.2, 0.25) is 6.10 Å². The molecule has 2 atom stereocenters. The van der Waals surface area contributed by atoms with E-state index in [1.54, 1.807) is 30.3 Å². The van der Waals surface area contributed by atoms with Gasteiger partial charge >= 0.3 is 23.9 Å². The molecule has 160 valence electrons. The van der Waals surface area contributed by atoms with Crippen LogP contribution >= 0.6 is 0 Å². The summed E-state index contributed by atoms with van der Waals surface area (Å²) >= 11 is 0. The van der Waals surface area contributed by atoms with Crippen LogP contribution in [0.4, 0.5) is 5.69 Å². The zero-order valence-corrected chi connectivity index (χ0v) is 16.1. The topological polar surface area (TPSA) is 166 Å². The van der Waals surface area contributed by atoms with Gasteiger partial charge in [0.25, 0.3) is 5.91 Å². The fourth-order valence-electron chi connectivity index (χ4n) is 1.70. The average molecular weight is 413 g/mol. The van der Waals surface area contributed by atoms with Gasteiger partial charge in [-0.2, -0.15) is 0 Å². The number of rotatable bonds is 8. The Balaban J connectivity index is 0.000000555. The number of esters is 3. The van der Waals surface area contributed by atoms with Crippen LogP contribution in [-0.2, 0) is 38.2 Å². The highest BCUT2D eigenvalue weighted by Crippen LogP contribution is 2.06. The Morgan fingerprint density at radius 1 is 0.966 bits per heavy atom. The van der Waals surface area contributed by atoms with Crippen molar-refractivity contribution in [2.45, 2.75) is 32.0 Å². The molecule has 11 nitrogen and oxygen atoms in total. The van der Waals surface area contributed by atoms with Crippen molar-refractivity contribution in [2.24, 2.45) is 0 Å². The van der Waals surface area contributed by atoms with E-state index in [-0.39, 0.29) is 6.42 Å². The number of aliphatic hydroxyl groups excluding tert-OH is 1. The van der Waals surface area contributed by atoms with Crippen molar-refractivity contribution in [1.82, 2.24) is 0 Å². The average Bonchev–Trinajstić information content (AvgIpc) is 2.67. The van der Waals surface area contributed by atoms with Gasteiger partial charge < -0.3 is 29.7 Å². The van der Waals surface area contributed by atoms with Crippen LogP contribution in [0.5, 0.6) is 0 Å². The molecule has 0 aliphatic heterocycles. The lowest BCUT2D eigenvalue weighted by molar-refractivity contribution is -0.166. The maximum Gasteiger partial charge on any atom is 0.345 e. The van der Waals surface area contributed by atoms with Crippen LogP contribution in [0.3, 0.4) is 0 Å². The molecule has 0 unspecified atom stereocenters. The zero-order chi connectivity index (χ0) is 22.4. The number of amides is 1. The van der Waals surface area contributed by atoms with E-state index in [2.05, 4.69) is 19.5 Å². The Hall–Kier alpha value is -3.47. The van der Waals surface area contributed by atoms with Crippen molar-refractivity contribution in [3.8, 4) is 0 Å². The van der Waals surface area contributed by atoms with Crippen LogP contribution in [0.2, 0.25) is 0 Å². The molecule has 0 saturated carbocycles. The van der Waals surface area contributed by atoms with Crippen molar-refractivity contribution >= 4 is 35.5 Å². The molecule has 0 aromatic heterocycles. The maximum atomic E-state index is 11.4. The zero-order valence-electron chi connectivity index (χ0n) is 16.1. The Labute approximate surface area is 166 Å². The molecule has 0 saturated heterocycles. The smallest absolute Gasteiger partial charge is 0.345 e. The van der Waals surface area contributed by atoms with E-state index >= 15 is 0 Å². The van der Waals surface area contributed by atoms with Crippen LogP contribution in [-0.4, -0.2) is 66.4 Å². The van der Waals surface area contributed by atoms with Crippen molar-refractivity contribution in [3.05, 3.63) is 30.3 Å². The van der Waals surface area contributed by atoms with E-state index in [1.807, 2.05) is 0 Å². The predicted molar refractivity (Wildman–Crippen MR) is 97.5 cm³/mol. The first-order valence-electron chi connectivity index (χ1n) is 8.18. The number of carboxylic acid groups (broad SMARTS) is 1. The van der Waals surface area contributed by atoms with Crippen LogP contribution < -0.4 is 5.32 Å². The number of hydrogen-bond acceptors (Lipinski definition) is 9. The van der Waals surface area contributed by atoms with Gasteiger partial charge in [-0.05, 0) is 12.1 Å².